The maximum atomic E-state index is 13.0. The molecule has 144 valence electrons. The van der Waals surface area contributed by atoms with Gasteiger partial charge in [0, 0.05) is 36.1 Å². The van der Waals surface area contributed by atoms with Crippen LogP contribution in [0.5, 0.6) is 11.5 Å². The van der Waals surface area contributed by atoms with E-state index in [4.69, 9.17) is 9.47 Å². The second kappa shape index (κ2) is 9.40. The molecule has 5 heteroatoms. The van der Waals surface area contributed by atoms with Gasteiger partial charge in [-0.2, -0.15) is 0 Å². The molecular weight excluding hydrogens is 340 g/mol. The molecule has 1 amide bonds. The number of pyridine rings is 1. The highest BCUT2D eigenvalue weighted by molar-refractivity contribution is 5.95. The van der Waals surface area contributed by atoms with Crippen molar-refractivity contribution >= 4 is 5.91 Å². The number of hydrogen-bond acceptors (Lipinski definition) is 4. The van der Waals surface area contributed by atoms with Gasteiger partial charge < -0.3 is 14.4 Å². The molecule has 1 aliphatic heterocycles. The Hall–Kier alpha value is -2.56. The topological polar surface area (TPSA) is 51.7 Å². The molecule has 2 heterocycles. The molecule has 0 radical (unpaired) electrons. The van der Waals surface area contributed by atoms with E-state index in [1.807, 2.05) is 42.2 Å². The SMILES string of the molecule is CCOc1cc(C(=O)N2CCCCC2CC)ccc1OCc1cccnc1. The van der Waals surface area contributed by atoms with E-state index in [1.165, 1.54) is 6.42 Å². The molecule has 0 spiro atoms. The van der Waals surface area contributed by atoms with Crippen LogP contribution in [0.2, 0.25) is 0 Å². The van der Waals surface area contributed by atoms with Crippen LogP contribution in [0.1, 0.15) is 55.5 Å². The van der Waals surface area contributed by atoms with Gasteiger partial charge in [-0.15, -0.1) is 0 Å². The van der Waals surface area contributed by atoms with E-state index in [2.05, 4.69) is 11.9 Å². The summed E-state index contributed by atoms with van der Waals surface area (Å²) in [7, 11) is 0. The van der Waals surface area contributed by atoms with E-state index < -0.39 is 0 Å². The van der Waals surface area contributed by atoms with Crippen molar-refractivity contribution in [3.8, 4) is 11.5 Å². The Morgan fingerprint density at radius 3 is 2.81 bits per heavy atom. The van der Waals surface area contributed by atoms with Gasteiger partial charge in [0.05, 0.1) is 6.61 Å². The van der Waals surface area contributed by atoms with Crippen LogP contribution in [0.4, 0.5) is 0 Å². The first kappa shape index (κ1) is 19.2. The molecule has 1 aromatic heterocycles. The summed E-state index contributed by atoms with van der Waals surface area (Å²) in [6.45, 7) is 5.84. The van der Waals surface area contributed by atoms with Gasteiger partial charge in [-0.25, -0.2) is 0 Å². The molecule has 1 saturated heterocycles. The zero-order valence-electron chi connectivity index (χ0n) is 16.2. The summed E-state index contributed by atoms with van der Waals surface area (Å²) in [6.07, 6.45) is 7.88. The third kappa shape index (κ3) is 4.79. The number of amides is 1. The molecule has 1 aromatic carbocycles. The van der Waals surface area contributed by atoms with Crippen molar-refractivity contribution in [1.82, 2.24) is 9.88 Å². The Labute approximate surface area is 161 Å². The van der Waals surface area contributed by atoms with E-state index in [1.54, 1.807) is 12.4 Å². The summed E-state index contributed by atoms with van der Waals surface area (Å²) in [4.78, 5) is 19.2. The highest BCUT2D eigenvalue weighted by Gasteiger charge is 2.26. The summed E-state index contributed by atoms with van der Waals surface area (Å²) in [5, 5.41) is 0. The normalized spacial score (nSPS) is 16.8. The zero-order valence-corrected chi connectivity index (χ0v) is 16.2. The van der Waals surface area contributed by atoms with Crippen LogP contribution in [0.15, 0.2) is 42.7 Å². The third-order valence-corrected chi connectivity index (χ3v) is 4.97. The molecule has 0 N–H and O–H groups in total. The number of piperidine rings is 1. The molecule has 1 aliphatic rings. The van der Waals surface area contributed by atoms with Crippen molar-refractivity contribution < 1.29 is 14.3 Å². The molecular formula is C22H28N2O3. The third-order valence-electron chi connectivity index (χ3n) is 4.97. The van der Waals surface area contributed by atoms with E-state index in [-0.39, 0.29) is 5.91 Å². The minimum absolute atomic E-state index is 0.0845. The Morgan fingerprint density at radius 1 is 1.19 bits per heavy atom. The largest absolute Gasteiger partial charge is 0.490 e. The Kier molecular flexibility index (Phi) is 6.69. The van der Waals surface area contributed by atoms with Gasteiger partial charge in [-0.05, 0) is 56.9 Å². The molecule has 1 atom stereocenters. The minimum Gasteiger partial charge on any atom is -0.490 e. The monoisotopic (exact) mass is 368 g/mol. The van der Waals surface area contributed by atoms with Crippen LogP contribution < -0.4 is 9.47 Å². The summed E-state index contributed by atoms with van der Waals surface area (Å²) >= 11 is 0. The van der Waals surface area contributed by atoms with Gasteiger partial charge in [0.1, 0.15) is 6.61 Å². The first-order valence-corrected chi connectivity index (χ1v) is 9.82. The molecule has 2 aromatic rings. The van der Waals surface area contributed by atoms with Crippen LogP contribution in [0, 0.1) is 0 Å². The number of nitrogens with zero attached hydrogens (tertiary/aromatic N) is 2. The molecule has 1 unspecified atom stereocenters. The van der Waals surface area contributed by atoms with Crippen molar-refractivity contribution in [1.29, 1.82) is 0 Å². The van der Waals surface area contributed by atoms with Crippen LogP contribution in [0.3, 0.4) is 0 Å². The van der Waals surface area contributed by atoms with Crippen LogP contribution in [-0.2, 0) is 6.61 Å². The lowest BCUT2D eigenvalue weighted by Gasteiger charge is -2.35. The van der Waals surface area contributed by atoms with E-state index in [0.29, 0.717) is 36.3 Å². The molecule has 5 nitrogen and oxygen atoms in total. The Bertz CT molecular complexity index is 748. The fourth-order valence-corrected chi connectivity index (χ4v) is 3.53. The van der Waals surface area contributed by atoms with Crippen LogP contribution in [0.25, 0.3) is 0 Å². The average molecular weight is 368 g/mol. The lowest BCUT2D eigenvalue weighted by Crippen LogP contribution is -2.43. The van der Waals surface area contributed by atoms with Gasteiger partial charge >= 0.3 is 0 Å². The van der Waals surface area contributed by atoms with E-state index in [9.17, 15) is 4.79 Å². The first-order valence-electron chi connectivity index (χ1n) is 9.82. The lowest BCUT2D eigenvalue weighted by atomic mass is 9.99. The van der Waals surface area contributed by atoms with E-state index >= 15 is 0 Å². The van der Waals surface area contributed by atoms with Crippen molar-refractivity contribution in [2.24, 2.45) is 0 Å². The smallest absolute Gasteiger partial charge is 0.254 e. The van der Waals surface area contributed by atoms with E-state index in [0.717, 1.165) is 31.4 Å². The number of carbonyl (C=O) groups excluding carboxylic acids is 1. The number of carbonyl (C=O) groups is 1. The number of likely N-dealkylation sites (tertiary alicyclic amines) is 1. The summed E-state index contributed by atoms with van der Waals surface area (Å²) in [5.41, 5.74) is 1.65. The fraction of sp³-hybridized carbons (Fsp3) is 0.455. The second-order valence-corrected chi connectivity index (χ2v) is 6.80. The highest BCUT2D eigenvalue weighted by atomic mass is 16.5. The predicted molar refractivity (Wildman–Crippen MR) is 105 cm³/mol. The number of aromatic nitrogens is 1. The zero-order chi connectivity index (χ0) is 19.1. The maximum absolute atomic E-state index is 13.0. The molecule has 0 aliphatic carbocycles. The van der Waals surface area contributed by atoms with Crippen molar-refractivity contribution in [2.75, 3.05) is 13.2 Å². The van der Waals surface area contributed by atoms with Gasteiger partial charge in [0.15, 0.2) is 11.5 Å². The number of benzene rings is 1. The van der Waals surface area contributed by atoms with Gasteiger partial charge in [-0.3, -0.25) is 9.78 Å². The molecule has 3 rings (SSSR count). The summed E-state index contributed by atoms with van der Waals surface area (Å²) < 4.78 is 11.7. The van der Waals surface area contributed by atoms with Crippen LogP contribution >= 0.6 is 0 Å². The molecule has 27 heavy (non-hydrogen) atoms. The minimum atomic E-state index is 0.0845. The van der Waals surface area contributed by atoms with Crippen molar-refractivity contribution in [3.63, 3.8) is 0 Å². The predicted octanol–water partition coefficient (Wildman–Crippen LogP) is 4.46. The van der Waals surface area contributed by atoms with Gasteiger partial charge in [-0.1, -0.05) is 13.0 Å². The fourth-order valence-electron chi connectivity index (χ4n) is 3.53. The van der Waals surface area contributed by atoms with Crippen LogP contribution in [-0.4, -0.2) is 35.0 Å². The van der Waals surface area contributed by atoms with Gasteiger partial charge in [0.2, 0.25) is 0 Å². The van der Waals surface area contributed by atoms with Gasteiger partial charge in [0.25, 0.3) is 5.91 Å². The number of ether oxygens (including phenoxy) is 2. The maximum Gasteiger partial charge on any atom is 0.254 e. The average Bonchev–Trinajstić information content (AvgIpc) is 2.73. The lowest BCUT2D eigenvalue weighted by molar-refractivity contribution is 0.0607. The quantitative estimate of drug-likeness (QED) is 0.724. The second-order valence-electron chi connectivity index (χ2n) is 6.80. The molecule has 1 fully saturated rings. The standard InChI is InChI=1S/C22H28N2O3/c1-3-19-9-5-6-13-24(19)22(25)18-10-11-20(21(14-18)26-4-2)27-16-17-8-7-12-23-15-17/h7-8,10-12,14-15,19H,3-6,9,13,16H2,1-2H3. The molecule has 0 saturated carbocycles. The molecule has 0 bridgehead atoms. The van der Waals surface area contributed by atoms with Crippen molar-refractivity contribution in [2.45, 2.75) is 52.2 Å². The highest BCUT2D eigenvalue weighted by Crippen LogP contribution is 2.31. The Morgan fingerprint density at radius 2 is 2.07 bits per heavy atom. The Balaban J connectivity index is 1.77. The number of hydrogen-bond donors (Lipinski definition) is 0. The van der Waals surface area contributed by atoms with Crippen molar-refractivity contribution in [3.05, 3.63) is 53.9 Å². The summed E-state index contributed by atoms with van der Waals surface area (Å²) in [6, 6.07) is 9.66. The summed E-state index contributed by atoms with van der Waals surface area (Å²) in [5.74, 6) is 1.33. The number of rotatable bonds is 7. The first-order chi connectivity index (χ1) is 13.2.